The van der Waals surface area contributed by atoms with Crippen molar-refractivity contribution in [1.29, 1.82) is 0 Å². The molecule has 0 atom stereocenters. The van der Waals surface area contributed by atoms with E-state index in [2.05, 4.69) is 26.3 Å². The minimum atomic E-state index is -0.387. The van der Waals surface area contributed by atoms with Crippen molar-refractivity contribution < 1.29 is 4.79 Å². The maximum atomic E-state index is 13.6. The van der Waals surface area contributed by atoms with Gasteiger partial charge < -0.3 is 9.88 Å². The van der Waals surface area contributed by atoms with E-state index in [1.54, 1.807) is 0 Å². The Morgan fingerprint density at radius 1 is 0.970 bits per heavy atom. The number of aryl methyl sites for hydroxylation is 3. The predicted molar refractivity (Wildman–Crippen MR) is 135 cm³/mol. The Morgan fingerprint density at radius 3 is 2.39 bits per heavy atom. The molecule has 7 heteroatoms. The van der Waals surface area contributed by atoms with E-state index in [4.69, 9.17) is 0 Å². The topological polar surface area (TPSA) is 68.9 Å². The summed E-state index contributed by atoms with van der Waals surface area (Å²) in [5.74, 6) is -0.387. The monoisotopic (exact) mass is 500 g/mol. The Hall–Kier alpha value is -3.71. The van der Waals surface area contributed by atoms with Gasteiger partial charge in [-0.1, -0.05) is 42.0 Å². The lowest BCUT2D eigenvalue weighted by Crippen LogP contribution is -2.27. The van der Waals surface area contributed by atoms with Crippen LogP contribution in [0, 0.1) is 13.8 Å². The summed E-state index contributed by atoms with van der Waals surface area (Å²) in [4.78, 5) is 27.1. The quantitative estimate of drug-likeness (QED) is 0.355. The van der Waals surface area contributed by atoms with Crippen molar-refractivity contribution in [3.63, 3.8) is 0 Å². The number of hydrogen-bond acceptors (Lipinski definition) is 3. The van der Waals surface area contributed by atoms with Gasteiger partial charge in [0.15, 0.2) is 5.69 Å². The Balaban J connectivity index is 1.80. The summed E-state index contributed by atoms with van der Waals surface area (Å²) in [7, 11) is 1.84. The molecule has 0 aliphatic rings. The zero-order valence-corrected chi connectivity index (χ0v) is 20.0. The summed E-state index contributed by atoms with van der Waals surface area (Å²) in [6.45, 7) is 3.96. The number of aromatic nitrogens is 3. The number of nitrogens with zero attached hydrogens (tertiary/aromatic N) is 3. The molecular weight excluding hydrogens is 480 g/mol. The van der Waals surface area contributed by atoms with Gasteiger partial charge >= 0.3 is 0 Å². The number of halogens is 1. The fourth-order valence-corrected chi connectivity index (χ4v) is 4.69. The van der Waals surface area contributed by atoms with E-state index in [9.17, 15) is 9.59 Å². The third kappa shape index (κ3) is 3.54. The van der Waals surface area contributed by atoms with Crippen LogP contribution in [0.1, 0.15) is 21.6 Å². The van der Waals surface area contributed by atoms with E-state index in [1.165, 1.54) is 4.68 Å². The molecule has 0 saturated heterocycles. The third-order valence-corrected chi connectivity index (χ3v) is 6.46. The first-order valence-corrected chi connectivity index (χ1v) is 11.3. The van der Waals surface area contributed by atoms with Crippen LogP contribution in [-0.2, 0) is 7.05 Å². The molecule has 0 spiro atoms. The van der Waals surface area contributed by atoms with Crippen LogP contribution in [0.2, 0.25) is 0 Å². The van der Waals surface area contributed by atoms with Gasteiger partial charge in [-0.2, -0.15) is 9.78 Å². The van der Waals surface area contributed by atoms with E-state index < -0.39 is 0 Å². The third-order valence-electron chi connectivity index (χ3n) is 5.81. The molecule has 0 unspecified atom stereocenters. The van der Waals surface area contributed by atoms with Crippen LogP contribution in [0.5, 0.6) is 0 Å². The van der Waals surface area contributed by atoms with Crippen molar-refractivity contribution in [3.05, 3.63) is 98.4 Å². The van der Waals surface area contributed by atoms with Gasteiger partial charge in [0.05, 0.1) is 11.4 Å². The molecule has 5 rings (SSSR count). The SMILES string of the molecule is Cc1ccc(-n2nc(C(=O)Nc3ccc(C)cc3Br)c3c4ccccc4n(C)c3c2=O)cc1. The number of carbonyl (C=O) groups excluding carboxylic acids is 1. The summed E-state index contributed by atoms with van der Waals surface area (Å²) in [5, 5.41) is 8.88. The van der Waals surface area contributed by atoms with E-state index in [-0.39, 0.29) is 17.2 Å². The lowest BCUT2D eigenvalue weighted by Gasteiger charge is -2.12. The molecular formula is C26H21BrN4O2. The minimum absolute atomic E-state index is 0.189. The summed E-state index contributed by atoms with van der Waals surface area (Å²) < 4.78 is 3.91. The Morgan fingerprint density at radius 2 is 1.67 bits per heavy atom. The summed E-state index contributed by atoms with van der Waals surface area (Å²) >= 11 is 3.52. The zero-order chi connectivity index (χ0) is 23.3. The number of benzene rings is 3. The van der Waals surface area contributed by atoms with Crippen LogP contribution in [0.25, 0.3) is 27.5 Å². The summed E-state index contributed by atoms with van der Waals surface area (Å²) in [6, 6.07) is 20.8. The lowest BCUT2D eigenvalue weighted by atomic mass is 10.1. The Bertz CT molecular complexity index is 1610. The number of carbonyl (C=O) groups is 1. The molecule has 0 bridgehead atoms. The first-order chi connectivity index (χ1) is 15.8. The van der Waals surface area contributed by atoms with E-state index in [0.717, 1.165) is 26.5 Å². The largest absolute Gasteiger partial charge is 0.339 e. The van der Waals surface area contributed by atoms with Crippen LogP contribution in [0.3, 0.4) is 0 Å². The molecule has 0 saturated carbocycles. The Labute approximate surface area is 198 Å². The fourth-order valence-electron chi connectivity index (χ4n) is 4.10. The van der Waals surface area contributed by atoms with Crippen molar-refractivity contribution in [2.75, 3.05) is 5.32 Å². The molecule has 2 heterocycles. The molecule has 0 fully saturated rings. The predicted octanol–water partition coefficient (Wildman–Crippen LogP) is 5.51. The fraction of sp³-hybridized carbons (Fsp3) is 0.115. The molecule has 3 aromatic carbocycles. The standard InChI is InChI=1S/C26H21BrN4O2/c1-15-8-11-17(12-9-15)31-26(33)24-22(18-6-4-5-7-21(18)30(24)3)23(29-31)25(32)28-20-13-10-16(2)14-19(20)27/h4-14H,1-3H3,(H,28,32). The van der Waals surface area contributed by atoms with Gasteiger partial charge in [0.2, 0.25) is 0 Å². The van der Waals surface area contributed by atoms with Gasteiger partial charge in [-0.15, -0.1) is 0 Å². The highest BCUT2D eigenvalue weighted by Gasteiger charge is 2.24. The van der Waals surface area contributed by atoms with Crippen molar-refractivity contribution in [1.82, 2.24) is 14.3 Å². The molecule has 164 valence electrons. The number of rotatable bonds is 3. The first-order valence-electron chi connectivity index (χ1n) is 10.5. The molecule has 0 aliphatic heterocycles. The van der Waals surface area contributed by atoms with E-state index in [0.29, 0.717) is 22.3 Å². The number of hydrogen-bond donors (Lipinski definition) is 1. The average molecular weight is 501 g/mol. The second-order valence-corrected chi connectivity index (χ2v) is 8.99. The molecule has 1 N–H and O–H groups in total. The molecule has 0 aliphatic carbocycles. The van der Waals surface area contributed by atoms with E-state index >= 15 is 0 Å². The Kier molecular flexibility index (Phi) is 5.13. The lowest BCUT2D eigenvalue weighted by molar-refractivity contribution is 0.102. The molecule has 5 aromatic rings. The number of anilines is 1. The van der Waals surface area contributed by atoms with Gasteiger partial charge in [0.1, 0.15) is 5.52 Å². The zero-order valence-electron chi connectivity index (χ0n) is 18.4. The van der Waals surface area contributed by atoms with Crippen LogP contribution in [-0.4, -0.2) is 20.3 Å². The van der Waals surface area contributed by atoms with Crippen molar-refractivity contribution in [2.45, 2.75) is 13.8 Å². The second kappa shape index (κ2) is 8.01. The van der Waals surface area contributed by atoms with Crippen molar-refractivity contribution >= 4 is 49.3 Å². The second-order valence-electron chi connectivity index (χ2n) is 8.14. The van der Waals surface area contributed by atoms with Crippen molar-refractivity contribution in [3.8, 4) is 5.69 Å². The highest BCUT2D eigenvalue weighted by Crippen LogP contribution is 2.30. The number of amides is 1. The smallest absolute Gasteiger partial charge is 0.296 e. The minimum Gasteiger partial charge on any atom is -0.339 e. The normalized spacial score (nSPS) is 11.3. The van der Waals surface area contributed by atoms with E-state index in [1.807, 2.05) is 92.2 Å². The summed E-state index contributed by atoms with van der Waals surface area (Å²) in [5.41, 5.74) is 4.58. The number of fused-ring (bicyclic) bond motifs is 3. The van der Waals surface area contributed by atoms with Gasteiger partial charge in [0.25, 0.3) is 11.5 Å². The van der Waals surface area contributed by atoms with Crippen LogP contribution in [0.4, 0.5) is 5.69 Å². The van der Waals surface area contributed by atoms with Crippen LogP contribution in [0.15, 0.2) is 76.0 Å². The molecule has 33 heavy (non-hydrogen) atoms. The molecule has 0 radical (unpaired) electrons. The van der Waals surface area contributed by atoms with Crippen LogP contribution >= 0.6 is 15.9 Å². The van der Waals surface area contributed by atoms with Gasteiger partial charge in [-0.25, -0.2) is 0 Å². The first kappa shape index (κ1) is 21.2. The number of nitrogens with one attached hydrogen (secondary N) is 1. The van der Waals surface area contributed by atoms with Crippen molar-refractivity contribution in [2.24, 2.45) is 7.05 Å². The van der Waals surface area contributed by atoms with Crippen LogP contribution < -0.4 is 10.9 Å². The highest BCUT2D eigenvalue weighted by atomic mass is 79.9. The highest BCUT2D eigenvalue weighted by molar-refractivity contribution is 9.10. The maximum Gasteiger partial charge on any atom is 0.296 e. The molecule has 2 aromatic heterocycles. The number of para-hydroxylation sites is 1. The maximum absolute atomic E-state index is 13.6. The van der Waals surface area contributed by atoms with Gasteiger partial charge in [0, 0.05) is 27.8 Å². The summed E-state index contributed by atoms with van der Waals surface area (Å²) in [6.07, 6.45) is 0. The van der Waals surface area contributed by atoms with Gasteiger partial charge in [-0.05, 0) is 65.7 Å². The molecule has 1 amide bonds. The average Bonchev–Trinajstić information content (AvgIpc) is 3.10. The van der Waals surface area contributed by atoms with Gasteiger partial charge in [-0.3, -0.25) is 9.59 Å². The molecule has 6 nitrogen and oxygen atoms in total.